The van der Waals surface area contributed by atoms with E-state index in [2.05, 4.69) is 12.2 Å². The fourth-order valence-electron chi connectivity index (χ4n) is 1.74. The van der Waals surface area contributed by atoms with Crippen molar-refractivity contribution < 1.29 is 9.18 Å². The highest BCUT2D eigenvalue weighted by Gasteiger charge is 1.95. The van der Waals surface area contributed by atoms with E-state index in [0.29, 0.717) is 0 Å². The normalized spacial score (nSPS) is 10.8. The molecule has 1 aromatic rings. The van der Waals surface area contributed by atoms with Crippen LogP contribution >= 0.6 is 0 Å². The second-order valence-electron chi connectivity index (χ2n) is 4.59. The maximum absolute atomic E-state index is 12.7. The Hall–Kier alpha value is -1.64. The summed E-state index contributed by atoms with van der Waals surface area (Å²) in [7, 11) is 0. The van der Waals surface area contributed by atoms with Gasteiger partial charge in [0.25, 0.3) is 0 Å². The van der Waals surface area contributed by atoms with Gasteiger partial charge in [0.1, 0.15) is 5.82 Å². The van der Waals surface area contributed by atoms with Gasteiger partial charge < -0.3 is 5.32 Å². The second kappa shape index (κ2) is 9.31. The van der Waals surface area contributed by atoms with E-state index in [1.54, 1.807) is 18.2 Å². The highest BCUT2D eigenvalue weighted by Crippen LogP contribution is 2.04. The summed E-state index contributed by atoms with van der Waals surface area (Å²) in [5, 5.41) is 2.84. The summed E-state index contributed by atoms with van der Waals surface area (Å²) < 4.78 is 12.7. The first-order chi connectivity index (χ1) is 9.22. The third-order valence-electron chi connectivity index (χ3n) is 2.88. The summed E-state index contributed by atoms with van der Waals surface area (Å²) in [6.07, 6.45) is 9.08. The van der Waals surface area contributed by atoms with Gasteiger partial charge in [-0.1, -0.05) is 44.7 Å². The van der Waals surface area contributed by atoms with Gasteiger partial charge >= 0.3 is 0 Å². The van der Waals surface area contributed by atoms with Crippen LogP contribution in [0.1, 0.15) is 44.6 Å². The summed E-state index contributed by atoms with van der Waals surface area (Å²) in [4.78, 5) is 11.5. The van der Waals surface area contributed by atoms with Crippen molar-refractivity contribution in [1.82, 2.24) is 5.32 Å². The summed E-state index contributed by atoms with van der Waals surface area (Å²) in [5.41, 5.74) is 0.819. The van der Waals surface area contributed by atoms with E-state index in [9.17, 15) is 9.18 Å². The fourth-order valence-corrected chi connectivity index (χ4v) is 1.74. The van der Waals surface area contributed by atoms with Crippen LogP contribution in [0.5, 0.6) is 0 Å². The predicted octanol–water partition coefficient (Wildman–Crippen LogP) is 3.93. The monoisotopic (exact) mass is 263 g/mol. The Labute approximate surface area is 114 Å². The standard InChI is InChI=1S/C16H22FNO/c1-2-3-4-5-6-13-18-16(19)12-9-14-7-10-15(17)11-8-14/h7-12H,2-6,13H2,1H3,(H,18,19). The van der Waals surface area contributed by atoms with Crippen molar-refractivity contribution in [2.24, 2.45) is 0 Å². The van der Waals surface area contributed by atoms with Gasteiger partial charge in [0.15, 0.2) is 0 Å². The molecule has 0 aliphatic carbocycles. The van der Waals surface area contributed by atoms with Crippen LogP contribution in [0.4, 0.5) is 4.39 Å². The van der Waals surface area contributed by atoms with Crippen molar-refractivity contribution in [3.63, 3.8) is 0 Å². The minimum atomic E-state index is -0.270. The van der Waals surface area contributed by atoms with Crippen molar-refractivity contribution >= 4 is 12.0 Å². The number of hydrogen-bond donors (Lipinski definition) is 1. The first kappa shape index (κ1) is 15.4. The number of nitrogens with one attached hydrogen (secondary N) is 1. The van der Waals surface area contributed by atoms with E-state index < -0.39 is 0 Å². The molecule has 0 radical (unpaired) electrons. The smallest absolute Gasteiger partial charge is 0.243 e. The van der Waals surface area contributed by atoms with Crippen LogP contribution in [0.2, 0.25) is 0 Å². The van der Waals surface area contributed by atoms with Gasteiger partial charge in [-0.05, 0) is 30.2 Å². The number of halogens is 1. The lowest BCUT2D eigenvalue weighted by Crippen LogP contribution is -2.21. The number of carbonyl (C=O) groups is 1. The molecule has 19 heavy (non-hydrogen) atoms. The number of amides is 1. The van der Waals surface area contributed by atoms with E-state index in [4.69, 9.17) is 0 Å². The average molecular weight is 263 g/mol. The molecule has 0 atom stereocenters. The summed E-state index contributed by atoms with van der Waals surface area (Å²) >= 11 is 0. The number of unbranched alkanes of at least 4 members (excludes halogenated alkanes) is 4. The van der Waals surface area contributed by atoms with E-state index in [0.717, 1.165) is 24.9 Å². The van der Waals surface area contributed by atoms with Crippen LogP contribution in [-0.2, 0) is 4.79 Å². The Morgan fingerprint density at radius 2 is 1.84 bits per heavy atom. The Bertz CT molecular complexity index is 398. The van der Waals surface area contributed by atoms with Crippen LogP contribution < -0.4 is 5.32 Å². The number of benzene rings is 1. The SMILES string of the molecule is CCCCCCCNC(=O)C=Cc1ccc(F)cc1. The fraction of sp³-hybridized carbons (Fsp3) is 0.438. The van der Waals surface area contributed by atoms with Gasteiger partial charge in [-0.25, -0.2) is 4.39 Å². The molecule has 1 amide bonds. The van der Waals surface area contributed by atoms with Gasteiger partial charge in [0.05, 0.1) is 0 Å². The molecular weight excluding hydrogens is 241 g/mol. The largest absolute Gasteiger partial charge is 0.353 e. The first-order valence-corrected chi connectivity index (χ1v) is 6.94. The van der Waals surface area contributed by atoms with Crippen molar-refractivity contribution in [1.29, 1.82) is 0 Å². The molecule has 0 saturated carbocycles. The Balaban J connectivity index is 2.18. The Morgan fingerprint density at radius 3 is 2.53 bits per heavy atom. The minimum absolute atomic E-state index is 0.0974. The molecule has 0 saturated heterocycles. The summed E-state index contributed by atoms with van der Waals surface area (Å²) in [6, 6.07) is 6.05. The van der Waals surface area contributed by atoms with Crippen LogP contribution in [0.15, 0.2) is 30.3 Å². The van der Waals surface area contributed by atoms with Gasteiger partial charge in [-0.15, -0.1) is 0 Å². The number of hydrogen-bond acceptors (Lipinski definition) is 1. The average Bonchev–Trinajstić information content (AvgIpc) is 2.42. The molecule has 0 aromatic heterocycles. The van der Waals surface area contributed by atoms with E-state index in [-0.39, 0.29) is 11.7 Å². The van der Waals surface area contributed by atoms with Crippen LogP contribution in [0.25, 0.3) is 6.08 Å². The van der Waals surface area contributed by atoms with Crippen LogP contribution in [-0.4, -0.2) is 12.5 Å². The minimum Gasteiger partial charge on any atom is -0.353 e. The lowest BCUT2D eigenvalue weighted by molar-refractivity contribution is -0.116. The van der Waals surface area contributed by atoms with Crippen LogP contribution in [0, 0.1) is 5.82 Å². The zero-order chi connectivity index (χ0) is 13.9. The topological polar surface area (TPSA) is 29.1 Å². The molecule has 0 bridgehead atoms. The second-order valence-corrected chi connectivity index (χ2v) is 4.59. The number of rotatable bonds is 8. The first-order valence-electron chi connectivity index (χ1n) is 6.94. The number of carbonyl (C=O) groups excluding carboxylic acids is 1. The Morgan fingerprint density at radius 1 is 1.16 bits per heavy atom. The molecule has 0 heterocycles. The molecule has 0 fully saturated rings. The van der Waals surface area contributed by atoms with Crippen molar-refractivity contribution in [3.05, 3.63) is 41.7 Å². The quantitative estimate of drug-likeness (QED) is 0.559. The van der Waals surface area contributed by atoms with Crippen molar-refractivity contribution in [2.75, 3.05) is 6.54 Å². The zero-order valence-corrected chi connectivity index (χ0v) is 11.5. The van der Waals surface area contributed by atoms with Crippen molar-refractivity contribution in [3.8, 4) is 0 Å². The third kappa shape index (κ3) is 7.39. The predicted molar refractivity (Wildman–Crippen MR) is 77.2 cm³/mol. The molecule has 104 valence electrons. The van der Waals surface area contributed by atoms with Gasteiger partial charge in [0.2, 0.25) is 5.91 Å². The zero-order valence-electron chi connectivity index (χ0n) is 11.5. The van der Waals surface area contributed by atoms with E-state index in [1.807, 2.05) is 0 Å². The van der Waals surface area contributed by atoms with E-state index >= 15 is 0 Å². The maximum atomic E-state index is 12.7. The Kier molecular flexibility index (Phi) is 7.56. The van der Waals surface area contributed by atoms with Crippen molar-refractivity contribution in [2.45, 2.75) is 39.0 Å². The molecule has 0 aliphatic rings. The molecule has 0 spiro atoms. The maximum Gasteiger partial charge on any atom is 0.243 e. The van der Waals surface area contributed by atoms with Gasteiger partial charge in [-0.3, -0.25) is 4.79 Å². The molecule has 1 N–H and O–H groups in total. The highest BCUT2D eigenvalue weighted by molar-refractivity contribution is 5.91. The molecule has 0 unspecified atom stereocenters. The molecular formula is C16H22FNO. The van der Waals surface area contributed by atoms with Gasteiger partial charge in [0, 0.05) is 12.6 Å². The molecule has 0 aliphatic heterocycles. The molecule has 3 heteroatoms. The summed E-state index contributed by atoms with van der Waals surface area (Å²) in [6.45, 7) is 2.90. The molecule has 1 aromatic carbocycles. The third-order valence-corrected chi connectivity index (χ3v) is 2.88. The molecule has 1 rings (SSSR count). The lowest BCUT2D eigenvalue weighted by atomic mass is 10.1. The van der Waals surface area contributed by atoms with E-state index in [1.165, 1.54) is 37.5 Å². The van der Waals surface area contributed by atoms with Gasteiger partial charge in [-0.2, -0.15) is 0 Å². The summed E-state index contributed by atoms with van der Waals surface area (Å²) in [5.74, 6) is -0.367. The lowest BCUT2D eigenvalue weighted by Gasteiger charge is -2.01. The van der Waals surface area contributed by atoms with Crippen LogP contribution in [0.3, 0.4) is 0 Å². The highest BCUT2D eigenvalue weighted by atomic mass is 19.1. The molecule has 2 nitrogen and oxygen atoms in total.